The van der Waals surface area contributed by atoms with E-state index in [1.165, 1.54) is 18.7 Å². The molecule has 0 radical (unpaired) electrons. The van der Waals surface area contributed by atoms with Crippen LogP contribution < -0.4 is 5.32 Å². The third-order valence-electron chi connectivity index (χ3n) is 4.45. The minimum Gasteiger partial charge on any atom is -0.356 e. The second kappa shape index (κ2) is 9.02. The highest BCUT2D eigenvalue weighted by atomic mass is 19.1. The summed E-state index contributed by atoms with van der Waals surface area (Å²) in [6.07, 6.45) is 3.35. The van der Waals surface area contributed by atoms with Crippen LogP contribution in [-0.2, 0) is 11.2 Å². The topological polar surface area (TPSA) is 32.3 Å². The minimum atomic E-state index is -0.240. The fourth-order valence-corrected chi connectivity index (χ4v) is 3.19. The Morgan fingerprint density at radius 3 is 2.74 bits per heavy atom. The third kappa shape index (κ3) is 6.69. The van der Waals surface area contributed by atoms with Gasteiger partial charge in [0.25, 0.3) is 0 Å². The summed E-state index contributed by atoms with van der Waals surface area (Å²) >= 11 is 0. The van der Waals surface area contributed by atoms with E-state index >= 15 is 0 Å². The zero-order valence-corrected chi connectivity index (χ0v) is 14.4. The average molecular weight is 320 g/mol. The molecule has 0 aliphatic carbocycles. The quantitative estimate of drug-likeness (QED) is 0.836. The van der Waals surface area contributed by atoms with Crippen LogP contribution in [0.1, 0.15) is 38.7 Å². The molecule has 0 atom stereocenters. The molecule has 0 bridgehead atoms. The Bertz CT molecular complexity index is 496. The molecule has 1 heterocycles. The van der Waals surface area contributed by atoms with Gasteiger partial charge in [-0.2, -0.15) is 0 Å². The highest BCUT2D eigenvalue weighted by Gasteiger charge is 2.19. The van der Waals surface area contributed by atoms with Crippen molar-refractivity contribution in [3.63, 3.8) is 0 Å². The lowest BCUT2D eigenvalue weighted by Crippen LogP contribution is -2.40. The van der Waals surface area contributed by atoms with Gasteiger partial charge in [0.15, 0.2) is 0 Å². The Morgan fingerprint density at radius 2 is 2.09 bits per heavy atom. The maximum atomic E-state index is 13.1. The van der Waals surface area contributed by atoms with E-state index in [0.717, 1.165) is 38.0 Å². The normalized spacial score (nSPS) is 16.7. The van der Waals surface area contributed by atoms with Gasteiger partial charge in [0, 0.05) is 19.5 Å². The first kappa shape index (κ1) is 17.9. The number of carbonyl (C=O) groups excluding carboxylic acids is 1. The number of nitrogens with zero attached hydrogens (tertiary/aromatic N) is 1. The van der Waals surface area contributed by atoms with Gasteiger partial charge >= 0.3 is 0 Å². The average Bonchev–Trinajstić information content (AvgIpc) is 2.52. The minimum absolute atomic E-state index is 0.0684. The highest BCUT2D eigenvalue weighted by Crippen LogP contribution is 2.17. The molecule has 1 aromatic rings. The molecule has 128 valence electrons. The number of nitrogens with one attached hydrogen (secondary N) is 1. The van der Waals surface area contributed by atoms with Crippen LogP contribution in [0.4, 0.5) is 4.39 Å². The summed E-state index contributed by atoms with van der Waals surface area (Å²) in [5.41, 5.74) is 0.877. The lowest BCUT2D eigenvalue weighted by molar-refractivity contribution is -0.121. The van der Waals surface area contributed by atoms with E-state index in [-0.39, 0.29) is 11.7 Å². The van der Waals surface area contributed by atoms with E-state index in [1.807, 2.05) is 6.07 Å². The molecule has 3 nitrogen and oxygen atoms in total. The molecule has 0 aromatic heterocycles. The van der Waals surface area contributed by atoms with Crippen LogP contribution in [0.3, 0.4) is 0 Å². The Balaban J connectivity index is 1.62. The molecule has 2 rings (SSSR count). The lowest BCUT2D eigenvalue weighted by Gasteiger charge is -2.33. The second-order valence-electron chi connectivity index (χ2n) is 7.07. The van der Waals surface area contributed by atoms with Gasteiger partial charge in [-0.3, -0.25) is 4.79 Å². The van der Waals surface area contributed by atoms with Crippen LogP contribution in [0.15, 0.2) is 24.3 Å². The molecule has 4 heteroatoms. The van der Waals surface area contributed by atoms with Crippen molar-refractivity contribution in [2.75, 3.05) is 26.2 Å². The third-order valence-corrected chi connectivity index (χ3v) is 4.45. The molecule has 1 N–H and O–H groups in total. The Labute approximate surface area is 139 Å². The van der Waals surface area contributed by atoms with Gasteiger partial charge < -0.3 is 10.2 Å². The summed E-state index contributed by atoms with van der Waals surface area (Å²) < 4.78 is 13.1. The van der Waals surface area contributed by atoms with E-state index < -0.39 is 0 Å². The van der Waals surface area contributed by atoms with Crippen molar-refractivity contribution in [3.8, 4) is 0 Å². The Kier molecular flexibility index (Phi) is 7.03. The predicted molar refractivity (Wildman–Crippen MR) is 91.7 cm³/mol. The summed E-state index contributed by atoms with van der Waals surface area (Å²) in [6.45, 7) is 8.74. The first-order valence-electron chi connectivity index (χ1n) is 8.76. The highest BCUT2D eigenvalue weighted by molar-refractivity contribution is 5.76. The molecule has 0 unspecified atom stereocenters. The van der Waals surface area contributed by atoms with E-state index in [4.69, 9.17) is 0 Å². The first-order chi connectivity index (χ1) is 11.0. The van der Waals surface area contributed by atoms with Gasteiger partial charge in [0.2, 0.25) is 5.91 Å². The smallest absolute Gasteiger partial charge is 0.220 e. The Hall–Kier alpha value is -1.42. The number of benzene rings is 1. The molecule has 23 heavy (non-hydrogen) atoms. The fourth-order valence-electron chi connectivity index (χ4n) is 3.19. The summed E-state index contributed by atoms with van der Waals surface area (Å²) in [4.78, 5) is 14.5. The molecule has 1 aromatic carbocycles. The first-order valence-corrected chi connectivity index (χ1v) is 8.76. The van der Waals surface area contributed by atoms with Crippen molar-refractivity contribution in [2.24, 2.45) is 11.8 Å². The number of aryl methyl sites for hydroxylation is 1. The van der Waals surface area contributed by atoms with Crippen LogP contribution in [-0.4, -0.2) is 37.0 Å². The molecule has 1 aliphatic heterocycles. The van der Waals surface area contributed by atoms with Crippen molar-refractivity contribution in [1.82, 2.24) is 10.2 Å². The predicted octanol–water partition coefficient (Wildman–Crippen LogP) is 3.24. The zero-order chi connectivity index (χ0) is 16.7. The second-order valence-corrected chi connectivity index (χ2v) is 7.07. The molecule has 1 saturated heterocycles. The molecule has 1 fully saturated rings. The summed E-state index contributed by atoms with van der Waals surface area (Å²) in [7, 11) is 0. The summed E-state index contributed by atoms with van der Waals surface area (Å²) in [6, 6.07) is 6.47. The van der Waals surface area contributed by atoms with Crippen LogP contribution in [0, 0.1) is 17.7 Å². The maximum Gasteiger partial charge on any atom is 0.220 e. The largest absolute Gasteiger partial charge is 0.356 e. The van der Waals surface area contributed by atoms with Crippen molar-refractivity contribution >= 4 is 5.91 Å². The number of rotatable bonds is 7. The molecule has 1 aliphatic rings. The Morgan fingerprint density at radius 1 is 1.35 bits per heavy atom. The SMILES string of the molecule is CC(C)CN1CCC(CNC(=O)CCc2cccc(F)c2)CC1. The van der Waals surface area contributed by atoms with Gasteiger partial charge in [0.05, 0.1) is 0 Å². The van der Waals surface area contributed by atoms with Gasteiger partial charge in [-0.05, 0) is 61.9 Å². The van der Waals surface area contributed by atoms with E-state index in [1.54, 1.807) is 6.07 Å². The number of amides is 1. The number of carbonyl (C=O) groups is 1. The van der Waals surface area contributed by atoms with Crippen LogP contribution in [0.2, 0.25) is 0 Å². The molecule has 0 spiro atoms. The monoisotopic (exact) mass is 320 g/mol. The van der Waals surface area contributed by atoms with Gasteiger partial charge in [0.1, 0.15) is 5.82 Å². The summed E-state index contributed by atoms with van der Waals surface area (Å²) in [5, 5.41) is 3.04. The van der Waals surface area contributed by atoms with E-state index in [2.05, 4.69) is 24.1 Å². The van der Waals surface area contributed by atoms with E-state index in [9.17, 15) is 9.18 Å². The number of likely N-dealkylation sites (tertiary alicyclic amines) is 1. The lowest BCUT2D eigenvalue weighted by atomic mass is 9.96. The molecular formula is C19H29FN2O. The summed E-state index contributed by atoms with van der Waals surface area (Å²) in [5.74, 6) is 1.14. The number of hydrogen-bond donors (Lipinski definition) is 1. The van der Waals surface area contributed by atoms with Crippen molar-refractivity contribution < 1.29 is 9.18 Å². The zero-order valence-electron chi connectivity index (χ0n) is 14.4. The van der Waals surface area contributed by atoms with Gasteiger partial charge in [-0.15, -0.1) is 0 Å². The van der Waals surface area contributed by atoms with Crippen LogP contribution in [0.25, 0.3) is 0 Å². The van der Waals surface area contributed by atoms with E-state index in [0.29, 0.717) is 24.7 Å². The maximum absolute atomic E-state index is 13.1. The fraction of sp³-hybridized carbons (Fsp3) is 0.632. The van der Waals surface area contributed by atoms with Crippen molar-refractivity contribution in [1.29, 1.82) is 0 Å². The number of halogens is 1. The van der Waals surface area contributed by atoms with Crippen molar-refractivity contribution in [2.45, 2.75) is 39.5 Å². The van der Waals surface area contributed by atoms with Gasteiger partial charge in [-0.1, -0.05) is 26.0 Å². The standard InChI is InChI=1S/C19H29FN2O/c1-15(2)14-22-10-8-17(9-11-22)13-21-19(23)7-6-16-4-3-5-18(20)12-16/h3-5,12,15,17H,6-11,13-14H2,1-2H3,(H,21,23). The molecule has 1 amide bonds. The van der Waals surface area contributed by atoms with Gasteiger partial charge in [-0.25, -0.2) is 4.39 Å². The van der Waals surface area contributed by atoms with Crippen LogP contribution >= 0.6 is 0 Å². The molecule has 0 saturated carbocycles. The van der Waals surface area contributed by atoms with Crippen LogP contribution in [0.5, 0.6) is 0 Å². The molecular weight excluding hydrogens is 291 g/mol. The number of piperidine rings is 1. The number of hydrogen-bond acceptors (Lipinski definition) is 2. The van der Waals surface area contributed by atoms with Crippen molar-refractivity contribution in [3.05, 3.63) is 35.6 Å².